The van der Waals surface area contributed by atoms with Crippen LogP contribution in [0.15, 0.2) is 48.2 Å². The Balaban J connectivity index is 2.76. The van der Waals surface area contributed by atoms with E-state index in [1.54, 1.807) is 0 Å². The highest BCUT2D eigenvalue weighted by atomic mass is 15.1. The maximum absolute atomic E-state index is 2.33. The van der Waals surface area contributed by atoms with Crippen LogP contribution in [0.5, 0.6) is 0 Å². The Bertz CT molecular complexity index is 252. The summed E-state index contributed by atoms with van der Waals surface area (Å²) in [6, 6.07) is 0. The third kappa shape index (κ3) is 2.94. The third-order valence-electron chi connectivity index (χ3n) is 2.11. The highest BCUT2D eigenvalue weighted by molar-refractivity contribution is 5.30. The van der Waals surface area contributed by atoms with Gasteiger partial charge in [0.15, 0.2) is 0 Å². The Hall–Kier alpha value is -1.24. The van der Waals surface area contributed by atoms with Crippen LogP contribution in [-0.4, -0.2) is 18.0 Å². The quantitative estimate of drug-likeness (QED) is 0.637. The Kier molecular flexibility index (Phi) is 4.10. The van der Waals surface area contributed by atoms with Crippen molar-refractivity contribution < 1.29 is 0 Å². The first-order valence-electron chi connectivity index (χ1n) is 4.85. The van der Waals surface area contributed by atoms with Gasteiger partial charge in [-0.3, -0.25) is 0 Å². The molecule has 0 radical (unpaired) electrons. The molecule has 0 N–H and O–H groups in total. The normalized spacial score (nSPS) is 20.0. The summed E-state index contributed by atoms with van der Waals surface area (Å²) in [6.07, 6.45) is 14.6. The fourth-order valence-electron chi connectivity index (χ4n) is 1.36. The zero-order valence-electron chi connectivity index (χ0n) is 8.40. The SMILES string of the molecule is CCN(CC)C1=C/C=C\C=C/C=C1. The minimum Gasteiger partial charge on any atom is -0.372 e. The van der Waals surface area contributed by atoms with Crippen LogP contribution in [0.2, 0.25) is 0 Å². The van der Waals surface area contributed by atoms with Crippen LogP contribution in [0, 0.1) is 0 Å². The van der Waals surface area contributed by atoms with Crippen molar-refractivity contribution in [2.24, 2.45) is 0 Å². The molecule has 0 amide bonds. The van der Waals surface area contributed by atoms with Crippen molar-refractivity contribution in [1.29, 1.82) is 0 Å². The van der Waals surface area contributed by atoms with E-state index in [2.05, 4.69) is 43.1 Å². The van der Waals surface area contributed by atoms with E-state index in [1.807, 2.05) is 18.2 Å². The molecule has 0 spiro atoms. The molecule has 0 bridgehead atoms. The van der Waals surface area contributed by atoms with Crippen LogP contribution >= 0.6 is 0 Å². The lowest BCUT2D eigenvalue weighted by Gasteiger charge is -2.21. The second-order valence-electron chi connectivity index (χ2n) is 2.89. The van der Waals surface area contributed by atoms with Gasteiger partial charge < -0.3 is 4.90 Å². The molecule has 13 heavy (non-hydrogen) atoms. The zero-order chi connectivity index (χ0) is 9.52. The van der Waals surface area contributed by atoms with Crippen molar-refractivity contribution in [3.63, 3.8) is 0 Å². The Labute approximate surface area is 80.7 Å². The molecule has 0 saturated heterocycles. The van der Waals surface area contributed by atoms with Crippen molar-refractivity contribution in [3.8, 4) is 0 Å². The summed E-state index contributed by atoms with van der Waals surface area (Å²) in [5.74, 6) is 0. The number of nitrogens with zero attached hydrogens (tertiary/aromatic N) is 1. The number of hydrogen-bond acceptors (Lipinski definition) is 1. The lowest BCUT2D eigenvalue weighted by Crippen LogP contribution is -2.20. The van der Waals surface area contributed by atoms with Gasteiger partial charge in [0, 0.05) is 18.8 Å². The fraction of sp³-hybridized carbons (Fsp3) is 0.333. The molecular formula is C12H17N. The monoisotopic (exact) mass is 175 g/mol. The van der Waals surface area contributed by atoms with Gasteiger partial charge in [0.25, 0.3) is 0 Å². The minimum atomic E-state index is 1.06. The van der Waals surface area contributed by atoms with E-state index < -0.39 is 0 Å². The van der Waals surface area contributed by atoms with Gasteiger partial charge in [0.1, 0.15) is 0 Å². The van der Waals surface area contributed by atoms with Crippen LogP contribution in [0.3, 0.4) is 0 Å². The van der Waals surface area contributed by atoms with E-state index in [0.29, 0.717) is 0 Å². The van der Waals surface area contributed by atoms with Gasteiger partial charge >= 0.3 is 0 Å². The Morgan fingerprint density at radius 2 is 1.54 bits per heavy atom. The molecule has 0 unspecified atom stereocenters. The number of rotatable bonds is 3. The first-order valence-corrected chi connectivity index (χ1v) is 4.85. The molecule has 0 aromatic rings. The van der Waals surface area contributed by atoms with Crippen molar-refractivity contribution in [3.05, 3.63) is 48.2 Å². The maximum Gasteiger partial charge on any atom is 0.0365 e. The van der Waals surface area contributed by atoms with E-state index in [4.69, 9.17) is 0 Å². The van der Waals surface area contributed by atoms with E-state index in [9.17, 15) is 0 Å². The second-order valence-corrected chi connectivity index (χ2v) is 2.89. The molecule has 0 fully saturated rings. The molecule has 0 aromatic carbocycles. The summed E-state index contributed by atoms with van der Waals surface area (Å²) < 4.78 is 0. The van der Waals surface area contributed by atoms with Gasteiger partial charge in [-0.15, -0.1) is 0 Å². The van der Waals surface area contributed by atoms with Crippen LogP contribution in [0.4, 0.5) is 0 Å². The summed E-state index contributed by atoms with van der Waals surface area (Å²) in [4.78, 5) is 2.33. The molecule has 1 heteroatoms. The van der Waals surface area contributed by atoms with E-state index in [0.717, 1.165) is 13.1 Å². The fourth-order valence-corrected chi connectivity index (χ4v) is 1.36. The van der Waals surface area contributed by atoms with E-state index in [1.165, 1.54) is 5.70 Å². The highest BCUT2D eigenvalue weighted by Crippen LogP contribution is 2.07. The first-order chi connectivity index (χ1) is 6.38. The maximum atomic E-state index is 2.33. The molecule has 0 aromatic heterocycles. The number of likely N-dealkylation sites (N-methyl/N-ethyl adjacent to an activating group) is 1. The van der Waals surface area contributed by atoms with Crippen molar-refractivity contribution in [2.75, 3.05) is 13.1 Å². The molecular weight excluding hydrogens is 158 g/mol. The predicted octanol–water partition coefficient (Wildman–Crippen LogP) is 2.89. The molecule has 0 saturated carbocycles. The molecule has 70 valence electrons. The smallest absolute Gasteiger partial charge is 0.0365 e. The van der Waals surface area contributed by atoms with E-state index >= 15 is 0 Å². The number of allylic oxidation sites excluding steroid dienone is 7. The molecule has 0 atom stereocenters. The van der Waals surface area contributed by atoms with Crippen LogP contribution in [0.25, 0.3) is 0 Å². The summed E-state index contributed by atoms with van der Waals surface area (Å²) in [6.45, 7) is 6.47. The average molecular weight is 175 g/mol. The molecule has 1 nitrogen and oxygen atoms in total. The Morgan fingerprint density at radius 3 is 2.23 bits per heavy atom. The lowest BCUT2D eigenvalue weighted by molar-refractivity contribution is 0.394. The predicted molar refractivity (Wildman–Crippen MR) is 58.4 cm³/mol. The largest absolute Gasteiger partial charge is 0.372 e. The highest BCUT2D eigenvalue weighted by Gasteiger charge is 1.99. The van der Waals surface area contributed by atoms with Gasteiger partial charge in [-0.25, -0.2) is 0 Å². The number of hydrogen-bond donors (Lipinski definition) is 0. The Morgan fingerprint density at radius 1 is 0.923 bits per heavy atom. The summed E-state index contributed by atoms with van der Waals surface area (Å²) >= 11 is 0. The third-order valence-corrected chi connectivity index (χ3v) is 2.11. The van der Waals surface area contributed by atoms with Gasteiger partial charge in [-0.05, 0) is 26.0 Å². The second kappa shape index (κ2) is 5.41. The molecule has 0 heterocycles. The average Bonchev–Trinajstić information content (AvgIpc) is 2.09. The van der Waals surface area contributed by atoms with Crippen LogP contribution in [-0.2, 0) is 0 Å². The summed E-state index contributed by atoms with van der Waals surface area (Å²) in [5.41, 5.74) is 1.28. The van der Waals surface area contributed by atoms with Crippen molar-refractivity contribution in [1.82, 2.24) is 4.90 Å². The van der Waals surface area contributed by atoms with Crippen LogP contribution in [0.1, 0.15) is 13.8 Å². The standard InChI is InChI=1S/C12H17N/c1-3-13(4-2)12-10-8-6-5-7-9-11-12/h5-11H,3-4H2,1-2H3/b6-5-,7-5?,8-6?,9-7-,10-8?,11-9?,12-10?,12-11?. The topological polar surface area (TPSA) is 3.24 Å². The minimum absolute atomic E-state index is 1.06. The van der Waals surface area contributed by atoms with Gasteiger partial charge in [0.2, 0.25) is 0 Å². The van der Waals surface area contributed by atoms with Gasteiger partial charge in [0.05, 0.1) is 0 Å². The summed E-state index contributed by atoms with van der Waals surface area (Å²) in [7, 11) is 0. The van der Waals surface area contributed by atoms with E-state index in [-0.39, 0.29) is 0 Å². The van der Waals surface area contributed by atoms with Crippen molar-refractivity contribution in [2.45, 2.75) is 13.8 Å². The van der Waals surface area contributed by atoms with Gasteiger partial charge in [-0.2, -0.15) is 0 Å². The van der Waals surface area contributed by atoms with Crippen molar-refractivity contribution >= 4 is 0 Å². The zero-order valence-corrected chi connectivity index (χ0v) is 8.40. The molecule has 1 aliphatic rings. The van der Waals surface area contributed by atoms with Gasteiger partial charge in [-0.1, -0.05) is 30.4 Å². The summed E-state index contributed by atoms with van der Waals surface area (Å²) in [5, 5.41) is 0. The first kappa shape index (κ1) is 9.85. The molecule has 1 aliphatic carbocycles. The lowest BCUT2D eigenvalue weighted by atomic mass is 10.2. The van der Waals surface area contributed by atoms with Crippen LogP contribution < -0.4 is 0 Å². The molecule has 1 rings (SSSR count). The molecule has 0 aliphatic heterocycles.